The van der Waals surface area contributed by atoms with Gasteiger partial charge in [0.1, 0.15) is 0 Å². The number of ether oxygens (including phenoxy) is 2. The van der Waals surface area contributed by atoms with Crippen LogP contribution >= 0.6 is 0 Å². The van der Waals surface area contributed by atoms with Crippen LogP contribution in [0.2, 0.25) is 0 Å². The molecule has 1 aliphatic heterocycles. The number of rotatable bonds is 8. The molecule has 0 aromatic carbocycles. The van der Waals surface area contributed by atoms with E-state index in [1.807, 2.05) is 7.05 Å². The summed E-state index contributed by atoms with van der Waals surface area (Å²) in [4.78, 5) is 4.20. The number of guanidine groups is 1. The molecule has 1 saturated heterocycles. The van der Waals surface area contributed by atoms with E-state index in [0.717, 1.165) is 57.6 Å². The fourth-order valence-electron chi connectivity index (χ4n) is 2.16. The number of nitrogens with zero attached hydrogens (tertiary/aromatic N) is 1. The molecule has 1 heterocycles. The Kier molecular flexibility index (Phi) is 6.44. The lowest BCUT2D eigenvalue weighted by Crippen LogP contribution is -2.39. The molecule has 1 atom stereocenters. The van der Waals surface area contributed by atoms with Gasteiger partial charge in [0.15, 0.2) is 5.96 Å². The molecule has 1 unspecified atom stereocenters. The minimum Gasteiger partial charge on any atom is -0.379 e. The molecule has 5 nitrogen and oxygen atoms in total. The summed E-state index contributed by atoms with van der Waals surface area (Å²) >= 11 is 0. The Bertz CT molecular complexity index is 274. The highest BCUT2D eigenvalue weighted by molar-refractivity contribution is 5.79. The molecule has 1 saturated carbocycles. The van der Waals surface area contributed by atoms with Gasteiger partial charge in [-0.3, -0.25) is 4.99 Å². The highest BCUT2D eigenvalue weighted by Crippen LogP contribution is 2.27. The van der Waals surface area contributed by atoms with E-state index in [-0.39, 0.29) is 0 Å². The zero-order valence-corrected chi connectivity index (χ0v) is 12.0. The third-order valence-electron chi connectivity index (χ3n) is 3.56. The van der Waals surface area contributed by atoms with Crippen LogP contribution in [0.15, 0.2) is 4.99 Å². The highest BCUT2D eigenvalue weighted by atomic mass is 16.5. The van der Waals surface area contributed by atoms with Crippen LogP contribution in [0.4, 0.5) is 0 Å². The molecular weight excluding hydrogens is 242 g/mol. The van der Waals surface area contributed by atoms with E-state index in [2.05, 4.69) is 15.6 Å². The molecule has 0 aromatic rings. The van der Waals surface area contributed by atoms with Crippen LogP contribution < -0.4 is 10.6 Å². The third kappa shape index (κ3) is 6.25. The van der Waals surface area contributed by atoms with E-state index in [1.54, 1.807) is 0 Å². The molecule has 19 heavy (non-hydrogen) atoms. The van der Waals surface area contributed by atoms with Crippen LogP contribution in [0.5, 0.6) is 0 Å². The van der Waals surface area contributed by atoms with Gasteiger partial charge < -0.3 is 20.1 Å². The van der Waals surface area contributed by atoms with Crippen molar-refractivity contribution in [2.75, 3.05) is 40.0 Å². The first-order valence-corrected chi connectivity index (χ1v) is 7.52. The topological polar surface area (TPSA) is 54.9 Å². The molecule has 2 aliphatic rings. The summed E-state index contributed by atoms with van der Waals surface area (Å²) in [6.45, 7) is 4.38. The van der Waals surface area contributed by atoms with Crippen molar-refractivity contribution >= 4 is 5.96 Å². The number of hydrogen-bond acceptors (Lipinski definition) is 3. The Hall–Kier alpha value is -0.810. The number of nitrogens with one attached hydrogen (secondary N) is 2. The Labute approximate surface area is 116 Å². The van der Waals surface area contributed by atoms with Gasteiger partial charge in [-0.2, -0.15) is 0 Å². The van der Waals surface area contributed by atoms with Gasteiger partial charge in [0.25, 0.3) is 0 Å². The monoisotopic (exact) mass is 269 g/mol. The van der Waals surface area contributed by atoms with E-state index in [0.29, 0.717) is 6.10 Å². The van der Waals surface area contributed by atoms with Gasteiger partial charge in [0, 0.05) is 33.4 Å². The molecule has 0 aromatic heterocycles. The van der Waals surface area contributed by atoms with Crippen molar-refractivity contribution in [3.8, 4) is 0 Å². The SMILES string of the molecule is CN=C(NCCCOCC1CCCO1)NCC1CC1. The smallest absolute Gasteiger partial charge is 0.190 e. The van der Waals surface area contributed by atoms with Crippen LogP contribution in [0.25, 0.3) is 0 Å². The molecule has 1 aliphatic carbocycles. The van der Waals surface area contributed by atoms with Gasteiger partial charge in [-0.15, -0.1) is 0 Å². The van der Waals surface area contributed by atoms with Crippen LogP contribution in [-0.4, -0.2) is 52.0 Å². The Balaban J connectivity index is 1.41. The highest BCUT2D eigenvalue weighted by Gasteiger charge is 2.20. The molecule has 0 spiro atoms. The lowest BCUT2D eigenvalue weighted by molar-refractivity contribution is 0.0168. The average molecular weight is 269 g/mol. The third-order valence-corrected chi connectivity index (χ3v) is 3.56. The minimum atomic E-state index is 0.334. The zero-order chi connectivity index (χ0) is 13.3. The van der Waals surface area contributed by atoms with Crippen molar-refractivity contribution in [1.29, 1.82) is 0 Å². The summed E-state index contributed by atoms with van der Waals surface area (Å²) in [6, 6.07) is 0. The van der Waals surface area contributed by atoms with Crippen molar-refractivity contribution in [2.24, 2.45) is 10.9 Å². The van der Waals surface area contributed by atoms with E-state index in [4.69, 9.17) is 9.47 Å². The zero-order valence-electron chi connectivity index (χ0n) is 12.0. The van der Waals surface area contributed by atoms with Crippen molar-refractivity contribution in [3.63, 3.8) is 0 Å². The summed E-state index contributed by atoms with van der Waals surface area (Å²) in [5.41, 5.74) is 0. The Morgan fingerprint density at radius 2 is 2.21 bits per heavy atom. The van der Waals surface area contributed by atoms with Crippen LogP contribution in [0.1, 0.15) is 32.1 Å². The van der Waals surface area contributed by atoms with Crippen LogP contribution in [0.3, 0.4) is 0 Å². The van der Waals surface area contributed by atoms with Crippen molar-refractivity contribution in [3.05, 3.63) is 0 Å². The van der Waals surface area contributed by atoms with Crippen molar-refractivity contribution in [1.82, 2.24) is 10.6 Å². The quantitative estimate of drug-likeness (QED) is 0.394. The fraction of sp³-hybridized carbons (Fsp3) is 0.929. The second kappa shape index (κ2) is 8.38. The molecule has 0 radical (unpaired) electrons. The molecule has 2 N–H and O–H groups in total. The molecule has 2 rings (SSSR count). The first kappa shape index (κ1) is 14.6. The van der Waals surface area contributed by atoms with Crippen molar-refractivity contribution in [2.45, 2.75) is 38.2 Å². The van der Waals surface area contributed by atoms with Gasteiger partial charge in [-0.1, -0.05) is 0 Å². The largest absolute Gasteiger partial charge is 0.379 e. The van der Waals surface area contributed by atoms with Gasteiger partial charge in [-0.25, -0.2) is 0 Å². The van der Waals surface area contributed by atoms with Crippen LogP contribution in [0, 0.1) is 5.92 Å². The molecule has 5 heteroatoms. The van der Waals surface area contributed by atoms with E-state index in [1.165, 1.54) is 19.3 Å². The first-order valence-electron chi connectivity index (χ1n) is 7.52. The first-order chi connectivity index (χ1) is 9.38. The van der Waals surface area contributed by atoms with E-state index >= 15 is 0 Å². The van der Waals surface area contributed by atoms with Crippen molar-refractivity contribution < 1.29 is 9.47 Å². The maximum Gasteiger partial charge on any atom is 0.190 e. The molecule has 0 bridgehead atoms. The van der Waals surface area contributed by atoms with Gasteiger partial charge >= 0.3 is 0 Å². The fourth-order valence-corrected chi connectivity index (χ4v) is 2.16. The van der Waals surface area contributed by atoms with Gasteiger partial charge in [0.05, 0.1) is 12.7 Å². The predicted molar refractivity (Wildman–Crippen MR) is 76.5 cm³/mol. The summed E-state index contributed by atoms with van der Waals surface area (Å²) in [5, 5.41) is 6.65. The summed E-state index contributed by atoms with van der Waals surface area (Å²) < 4.78 is 11.1. The van der Waals surface area contributed by atoms with E-state index in [9.17, 15) is 0 Å². The number of hydrogen-bond donors (Lipinski definition) is 2. The normalized spacial score (nSPS) is 23.6. The second-order valence-corrected chi connectivity index (χ2v) is 5.39. The maximum atomic E-state index is 5.62. The standard InChI is InChI=1S/C14H27N3O2/c1-15-14(17-10-12-5-6-12)16-7-3-8-18-11-13-4-2-9-19-13/h12-13H,2-11H2,1H3,(H2,15,16,17). The molecule has 2 fully saturated rings. The molecule has 110 valence electrons. The Morgan fingerprint density at radius 1 is 1.32 bits per heavy atom. The van der Waals surface area contributed by atoms with Crippen LogP contribution in [-0.2, 0) is 9.47 Å². The summed E-state index contributed by atoms with van der Waals surface area (Å²) in [5.74, 6) is 1.78. The number of aliphatic imine (C=N–C) groups is 1. The summed E-state index contributed by atoms with van der Waals surface area (Å²) in [6.07, 6.45) is 6.38. The lowest BCUT2D eigenvalue weighted by Gasteiger charge is -2.12. The molecule has 0 amide bonds. The lowest BCUT2D eigenvalue weighted by atomic mass is 10.2. The maximum absolute atomic E-state index is 5.62. The Morgan fingerprint density at radius 3 is 2.89 bits per heavy atom. The average Bonchev–Trinajstić information content (AvgIpc) is 3.11. The van der Waals surface area contributed by atoms with Gasteiger partial charge in [0.2, 0.25) is 0 Å². The van der Waals surface area contributed by atoms with E-state index < -0.39 is 0 Å². The minimum absolute atomic E-state index is 0.334. The predicted octanol–water partition coefficient (Wildman–Crippen LogP) is 1.15. The second-order valence-electron chi connectivity index (χ2n) is 5.39. The summed E-state index contributed by atoms with van der Waals surface area (Å²) in [7, 11) is 1.82. The molecular formula is C14H27N3O2. The van der Waals surface area contributed by atoms with Gasteiger partial charge in [-0.05, 0) is 38.0 Å².